The molecule has 92 valence electrons. The van der Waals surface area contributed by atoms with E-state index in [0.717, 1.165) is 18.4 Å². The number of aryl methyl sites for hydroxylation is 1. The molecule has 2 heteroatoms. The van der Waals surface area contributed by atoms with Crippen molar-refractivity contribution in [2.75, 3.05) is 6.54 Å². The molecule has 0 bridgehead atoms. The Morgan fingerprint density at radius 2 is 2.00 bits per heavy atom. The molecule has 2 N–H and O–H groups in total. The van der Waals surface area contributed by atoms with E-state index in [1.807, 2.05) is 12.1 Å². The summed E-state index contributed by atoms with van der Waals surface area (Å²) in [6, 6.07) is 10.7. The number of benzene rings is 1. The summed E-state index contributed by atoms with van der Waals surface area (Å²) >= 11 is 0. The highest BCUT2D eigenvalue weighted by atomic mass is 14.5. The van der Waals surface area contributed by atoms with Crippen LogP contribution in [0, 0.1) is 24.2 Å². The van der Waals surface area contributed by atoms with Crippen molar-refractivity contribution in [3.8, 4) is 6.07 Å². The van der Waals surface area contributed by atoms with E-state index in [1.54, 1.807) is 0 Å². The lowest BCUT2D eigenvalue weighted by atomic mass is 9.68. The molecule has 0 aliphatic rings. The smallest absolute Gasteiger partial charge is 0.0848 e. The van der Waals surface area contributed by atoms with Crippen molar-refractivity contribution in [2.24, 2.45) is 11.7 Å². The molecule has 1 rings (SSSR count). The van der Waals surface area contributed by atoms with Crippen molar-refractivity contribution in [3.63, 3.8) is 0 Å². The van der Waals surface area contributed by atoms with Crippen LogP contribution in [0.3, 0.4) is 0 Å². The molecule has 0 fully saturated rings. The number of nitrogens with zero attached hydrogens (tertiary/aromatic N) is 1. The lowest BCUT2D eigenvalue weighted by Gasteiger charge is -2.32. The van der Waals surface area contributed by atoms with Crippen LogP contribution in [0.2, 0.25) is 0 Å². The van der Waals surface area contributed by atoms with Crippen molar-refractivity contribution in [1.82, 2.24) is 0 Å². The molecule has 2 nitrogen and oxygen atoms in total. The van der Waals surface area contributed by atoms with Gasteiger partial charge in [0.05, 0.1) is 11.5 Å². The molecule has 0 saturated carbocycles. The zero-order valence-electron chi connectivity index (χ0n) is 11.0. The first-order valence-corrected chi connectivity index (χ1v) is 6.26. The molecule has 1 aromatic rings. The maximum Gasteiger partial charge on any atom is 0.0848 e. The highest BCUT2D eigenvalue weighted by molar-refractivity contribution is 5.39. The van der Waals surface area contributed by atoms with Crippen molar-refractivity contribution in [3.05, 3.63) is 35.4 Å². The Hall–Kier alpha value is -1.33. The molecule has 0 spiro atoms. The summed E-state index contributed by atoms with van der Waals surface area (Å²) < 4.78 is 0. The van der Waals surface area contributed by atoms with Crippen molar-refractivity contribution in [1.29, 1.82) is 5.26 Å². The number of hydrogen-bond acceptors (Lipinski definition) is 2. The number of rotatable bonds is 5. The van der Waals surface area contributed by atoms with Crippen LogP contribution in [-0.2, 0) is 5.41 Å². The van der Waals surface area contributed by atoms with Gasteiger partial charge in [-0.25, -0.2) is 0 Å². The summed E-state index contributed by atoms with van der Waals surface area (Å²) in [5.74, 6) is 0.292. The first-order chi connectivity index (χ1) is 8.08. The van der Waals surface area contributed by atoms with Crippen LogP contribution in [0.1, 0.15) is 37.8 Å². The third-order valence-electron chi connectivity index (χ3n) is 3.59. The fourth-order valence-corrected chi connectivity index (χ4v) is 2.43. The predicted octanol–water partition coefficient (Wildman–Crippen LogP) is 3.15. The van der Waals surface area contributed by atoms with Gasteiger partial charge in [-0.1, -0.05) is 38.1 Å². The Morgan fingerprint density at radius 3 is 2.47 bits per heavy atom. The molecule has 0 aliphatic carbocycles. The SMILES string of the molecule is Cc1ccccc1[C@](C#N)(CCCN)C(C)C. The van der Waals surface area contributed by atoms with Gasteiger partial charge in [-0.2, -0.15) is 5.26 Å². The zero-order valence-corrected chi connectivity index (χ0v) is 11.0. The molecule has 1 aromatic carbocycles. The minimum atomic E-state index is -0.398. The van der Waals surface area contributed by atoms with Crippen LogP contribution in [0.25, 0.3) is 0 Å². The second-order valence-electron chi connectivity index (χ2n) is 4.95. The quantitative estimate of drug-likeness (QED) is 0.844. The number of nitrogens with two attached hydrogens (primary N) is 1. The van der Waals surface area contributed by atoms with E-state index >= 15 is 0 Å². The highest BCUT2D eigenvalue weighted by Crippen LogP contribution is 2.37. The summed E-state index contributed by atoms with van der Waals surface area (Å²) in [6.07, 6.45) is 1.72. The van der Waals surface area contributed by atoms with Crippen LogP contribution in [-0.4, -0.2) is 6.54 Å². The molecule has 0 heterocycles. The lowest BCUT2D eigenvalue weighted by molar-refractivity contribution is 0.360. The maximum atomic E-state index is 9.66. The van der Waals surface area contributed by atoms with E-state index < -0.39 is 5.41 Å². The van der Waals surface area contributed by atoms with Gasteiger partial charge in [0.2, 0.25) is 0 Å². The van der Waals surface area contributed by atoms with Crippen LogP contribution in [0.4, 0.5) is 0 Å². The molecule has 0 amide bonds. The summed E-state index contributed by atoms with van der Waals surface area (Å²) in [5, 5.41) is 9.66. The first-order valence-electron chi connectivity index (χ1n) is 6.26. The molecule has 0 saturated heterocycles. The summed E-state index contributed by atoms with van der Waals surface area (Å²) in [7, 11) is 0. The standard InChI is InChI=1S/C15H22N2/c1-12(2)15(11-17,9-6-10-16)14-8-5-4-7-13(14)3/h4-5,7-8,12H,6,9-10,16H2,1-3H3/t15-/m0/s1. The monoisotopic (exact) mass is 230 g/mol. The van der Waals surface area contributed by atoms with Gasteiger partial charge in [0.1, 0.15) is 0 Å². The predicted molar refractivity (Wildman–Crippen MR) is 71.6 cm³/mol. The Kier molecular flexibility index (Phi) is 4.72. The van der Waals surface area contributed by atoms with Gasteiger partial charge in [0.25, 0.3) is 0 Å². The molecule has 0 radical (unpaired) electrons. The van der Waals surface area contributed by atoms with Gasteiger partial charge in [-0.15, -0.1) is 0 Å². The number of nitriles is 1. The van der Waals surface area contributed by atoms with Crippen LogP contribution >= 0.6 is 0 Å². The largest absolute Gasteiger partial charge is 0.330 e. The second kappa shape index (κ2) is 5.84. The Bertz CT molecular complexity index is 404. The molecular weight excluding hydrogens is 208 g/mol. The first kappa shape index (κ1) is 13.7. The zero-order chi connectivity index (χ0) is 12.9. The molecule has 17 heavy (non-hydrogen) atoms. The van der Waals surface area contributed by atoms with E-state index in [4.69, 9.17) is 5.73 Å². The molecule has 0 aromatic heterocycles. The van der Waals surface area contributed by atoms with Gasteiger partial charge >= 0.3 is 0 Å². The van der Waals surface area contributed by atoms with E-state index in [1.165, 1.54) is 5.56 Å². The van der Waals surface area contributed by atoms with Gasteiger partial charge in [-0.3, -0.25) is 0 Å². The Labute approximate surface area is 104 Å². The third-order valence-corrected chi connectivity index (χ3v) is 3.59. The fraction of sp³-hybridized carbons (Fsp3) is 0.533. The fourth-order valence-electron chi connectivity index (χ4n) is 2.43. The molecule has 0 aliphatic heterocycles. The van der Waals surface area contributed by atoms with Crippen molar-refractivity contribution >= 4 is 0 Å². The molecular formula is C15H22N2. The van der Waals surface area contributed by atoms with Gasteiger partial charge in [0, 0.05) is 0 Å². The normalized spacial score (nSPS) is 14.4. The minimum absolute atomic E-state index is 0.292. The van der Waals surface area contributed by atoms with Crippen LogP contribution in [0.5, 0.6) is 0 Å². The van der Waals surface area contributed by atoms with Crippen molar-refractivity contribution < 1.29 is 0 Å². The lowest BCUT2D eigenvalue weighted by Crippen LogP contribution is -2.32. The van der Waals surface area contributed by atoms with Crippen molar-refractivity contribution in [2.45, 2.75) is 39.0 Å². The average molecular weight is 230 g/mol. The van der Waals surface area contributed by atoms with E-state index in [0.29, 0.717) is 12.5 Å². The highest BCUT2D eigenvalue weighted by Gasteiger charge is 2.36. The molecule has 1 atom stereocenters. The topological polar surface area (TPSA) is 49.8 Å². The van der Waals surface area contributed by atoms with E-state index in [2.05, 4.69) is 39.0 Å². The summed E-state index contributed by atoms with van der Waals surface area (Å²) in [4.78, 5) is 0. The third kappa shape index (κ3) is 2.68. The summed E-state index contributed by atoms with van der Waals surface area (Å²) in [6.45, 7) is 6.95. The van der Waals surface area contributed by atoms with Crippen LogP contribution in [0.15, 0.2) is 24.3 Å². The van der Waals surface area contributed by atoms with E-state index in [9.17, 15) is 5.26 Å². The summed E-state index contributed by atoms with van der Waals surface area (Å²) in [5.41, 5.74) is 7.55. The van der Waals surface area contributed by atoms with Gasteiger partial charge < -0.3 is 5.73 Å². The Morgan fingerprint density at radius 1 is 1.35 bits per heavy atom. The van der Waals surface area contributed by atoms with E-state index in [-0.39, 0.29) is 0 Å². The minimum Gasteiger partial charge on any atom is -0.330 e. The van der Waals surface area contributed by atoms with Crippen LogP contribution < -0.4 is 5.73 Å². The Balaban J connectivity index is 3.23. The molecule has 0 unspecified atom stereocenters. The maximum absolute atomic E-state index is 9.66. The second-order valence-corrected chi connectivity index (χ2v) is 4.95. The number of hydrogen-bond donors (Lipinski definition) is 1. The average Bonchev–Trinajstić information content (AvgIpc) is 2.32. The van der Waals surface area contributed by atoms with Gasteiger partial charge in [0.15, 0.2) is 0 Å². The van der Waals surface area contributed by atoms with Gasteiger partial charge in [-0.05, 0) is 43.4 Å².